The zero-order valence-corrected chi connectivity index (χ0v) is 8.13. The number of nitrogens with two attached hydrogens (primary N) is 1. The van der Waals surface area contributed by atoms with E-state index in [0.717, 1.165) is 11.1 Å². The van der Waals surface area contributed by atoms with Crippen LogP contribution in [0.2, 0.25) is 0 Å². The van der Waals surface area contributed by atoms with Crippen molar-refractivity contribution in [3.63, 3.8) is 0 Å². The fourth-order valence-electron chi connectivity index (χ4n) is 1.39. The second-order valence-electron chi connectivity index (χ2n) is 3.26. The second-order valence-corrected chi connectivity index (χ2v) is 3.26. The van der Waals surface area contributed by atoms with Gasteiger partial charge < -0.3 is 5.73 Å². The molecule has 0 radical (unpaired) electrons. The molecule has 1 aromatic heterocycles. The fraction of sp³-hybridized carbons (Fsp3) is 0.0909. The largest absolute Gasteiger partial charge is 0.368 e. The van der Waals surface area contributed by atoms with Crippen LogP contribution in [0.1, 0.15) is 0 Å². The molecule has 0 aliphatic carbocycles. The first-order chi connectivity index (χ1) is 7.25. The highest BCUT2D eigenvalue weighted by atomic mass is 16.1. The van der Waals surface area contributed by atoms with Crippen molar-refractivity contribution in [3.05, 3.63) is 42.7 Å². The van der Waals surface area contributed by atoms with Crippen molar-refractivity contribution in [1.29, 1.82) is 0 Å². The molecular weight excluding hydrogens is 190 g/mol. The summed E-state index contributed by atoms with van der Waals surface area (Å²) < 4.78 is 1.53. The Bertz CT molecular complexity index is 462. The molecule has 0 saturated carbocycles. The van der Waals surface area contributed by atoms with Gasteiger partial charge in [-0.25, -0.2) is 0 Å². The van der Waals surface area contributed by atoms with E-state index in [0.29, 0.717) is 0 Å². The molecule has 2 N–H and O–H groups in total. The summed E-state index contributed by atoms with van der Waals surface area (Å²) in [6.07, 6.45) is 3.53. The van der Waals surface area contributed by atoms with Gasteiger partial charge >= 0.3 is 0 Å². The quantitative estimate of drug-likeness (QED) is 0.806. The van der Waals surface area contributed by atoms with Crippen LogP contribution >= 0.6 is 0 Å². The van der Waals surface area contributed by atoms with E-state index in [4.69, 9.17) is 5.73 Å². The molecule has 1 aromatic carbocycles. The van der Waals surface area contributed by atoms with Gasteiger partial charge in [0.15, 0.2) is 0 Å². The van der Waals surface area contributed by atoms with Crippen molar-refractivity contribution in [3.8, 4) is 11.1 Å². The Kier molecular flexibility index (Phi) is 2.49. The number of rotatable bonds is 3. The maximum Gasteiger partial charge on any atom is 0.239 e. The molecule has 2 aromatic rings. The third kappa shape index (κ3) is 2.22. The Morgan fingerprint density at radius 2 is 2.00 bits per heavy atom. The summed E-state index contributed by atoms with van der Waals surface area (Å²) in [5.74, 6) is -0.391. The molecule has 4 nitrogen and oxygen atoms in total. The number of carbonyl (C=O) groups excluding carboxylic acids is 1. The van der Waals surface area contributed by atoms with Crippen molar-refractivity contribution in [1.82, 2.24) is 9.78 Å². The van der Waals surface area contributed by atoms with Crippen LogP contribution in [-0.2, 0) is 11.3 Å². The number of primary amides is 1. The monoisotopic (exact) mass is 201 g/mol. The molecule has 2 rings (SSSR count). The topological polar surface area (TPSA) is 60.9 Å². The molecule has 0 spiro atoms. The molecule has 0 fully saturated rings. The lowest BCUT2D eigenvalue weighted by Gasteiger charge is -1.96. The van der Waals surface area contributed by atoms with Gasteiger partial charge in [0.05, 0.1) is 6.20 Å². The number of aromatic nitrogens is 2. The Balaban J connectivity index is 2.24. The van der Waals surface area contributed by atoms with Crippen LogP contribution < -0.4 is 5.73 Å². The Labute approximate surface area is 87.3 Å². The van der Waals surface area contributed by atoms with Gasteiger partial charge in [0.2, 0.25) is 5.91 Å². The lowest BCUT2D eigenvalue weighted by Crippen LogP contribution is -2.18. The first kappa shape index (κ1) is 9.45. The van der Waals surface area contributed by atoms with Crippen molar-refractivity contribution in [2.45, 2.75) is 6.54 Å². The van der Waals surface area contributed by atoms with Gasteiger partial charge in [0.25, 0.3) is 0 Å². The predicted molar refractivity (Wildman–Crippen MR) is 56.9 cm³/mol. The maximum atomic E-state index is 10.7. The average Bonchev–Trinajstić information content (AvgIpc) is 2.67. The molecule has 0 aliphatic rings. The molecule has 0 bridgehead atoms. The summed E-state index contributed by atoms with van der Waals surface area (Å²) in [5.41, 5.74) is 7.13. The predicted octanol–water partition coefficient (Wildman–Crippen LogP) is 1.04. The number of benzene rings is 1. The van der Waals surface area contributed by atoms with E-state index in [1.165, 1.54) is 4.68 Å². The zero-order valence-electron chi connectivity index (χ0n) is 8.13. The van der Waals surface area contributed by atoms with E-state index in [-0.39, 0.29) is 6.54 Å². The van der Waals surface area contributed by atoms with Crippen LogP contribution in [0.5, 0.6) is 0 Å². The van der Waals surface area contributed by atoms with Crippen LogP contribution in [-0.4, -0.2) is 15.7 Å². The standard InChI is InChI=1S/C11H11N3O/c12-11(15)8-14-7-10(6-13-14)9-4-2-1-3-5-9/h1-7H,8H2,(H2,12,15). The van der Waals surface area contributed by atoms with Crippen LogP contribution in [0.15, 0.2) is 42.7 Å². The van der Waals surface area contributed by atoms with E-state index in [2.05, 4.69) is 5.10 Å². The van der Waals surface area contributed by atoms with Gasteiger partial charge in [0, 0.05) is 11.8 Å². The van der Waals surface area contributed by atoms with Gasteiger partial charge in [-0.1, -0.05) is 30.3 Å². The number of hydrogen-bond acceptors (Lipinski definition) is 2. The molecule has 1 amide bonds. The second kappa shape index (κ2) is 3.96. The van der Waals surface area contributed by atoms with Gasteiger partial charge in [0.1, 0.15) is 6.54 Å². The smallest absolute Gasteiger partial charge is 0.239 e. The number of carbonyl (C=O) groups is 1. The van der Waals surface area contributed by atoms with Crippen molar-refractivity contribution in [2.75, 3.05) is 0 Å². The molecule has 0 aliphatic heterocycles. The Hall–Kier alpha value is -2.10. The Morgan fingerprint density at radius 3 is 2.67 bits per heavy atom. The van der Waals surface area contributed by atoms with E-state index in [1.54, 1.807) is 12.4 Å². The number of amides is 1. The third-order valence-corrected chi connectivity index (χ3v) is 2.06. The van der Waals surface area contributed by atoms with E-state index in [1.807, 2.05) is 30.3 Å². The SMILES string of the molecule is NC(=O)Cn1cc(-c2ccccc2)cn1. The summed E-state index contributed by atoms with van der Waals surface area (Å²) in [6.45, 7) is 0.118. The number of nitrogens with zero attached hydrogens (tertiary/aromatic N) is 2. The molecule has 4 heteroatoms. The molecule has 0 saturated heterocycles. The molecule has 1 heterocycles. The van der Waals surface area contributed by atoms with E-state index in [9.17, 15) is 4.79 Å². The summed E-state index contributed by atoms with van der Waals surface area (Å²) in [6, 6.07) is 9.86. The minimum atomic E-state index is -0.391. The summed E-state index contributed by atoms with van der Waals surface area (Å²) in [5, 5.41) is 4.05. The minimum absolute atomic E-state index is 0.118. The molecule has 0 unspecified atom stereocenters. The van der Waals surface area contributed by atoms with Crippen LogP contribution in [0, 0.1) is 0 Å². The molecule has 0 atom stereocenters. The lowest BCUT2D eigenvalue weighted by molar-refractivity contribution is -0.118. The first-order valence-electron chi connectivity index (χ1n) is 4.62. The average molecular weight is 201 g/mol. The minimum Gasteiger partial charge on any atom is -0.368 e. The summed E-state index contributed by atoms with van der Waals surface area (Å²) in [7, 11) is 0. The van der Waals surface area contributed by atoms with Crippen molar-refractivity contribution < 1.29 is 4.79 Å². The van der Waals surface area contributed by atoms with Gasteiger partial charge in [-0.05, 0) is 5.56 Å². The van der Waals surface area contributed by atoms with E-state index < -0.39 is 5.91 Å². The first-order valence-corrected chi connectivity index (χ1v) is 4.62. The molecular formula is C11H11N3O. The highest BCUT2D eigenvalue weighted by Gasteiger charge is 2.02. The van der Waals surface area contributed by atoms with E-state index >= 15 is 0 Å². The normalized spacial score (nSPS) is 10.1. The Morgan fingerprint density at radius 1 is 1.27 bits per heavy atom. The van der Waals surface area contributed by atoms with Gasteiger partial charge in [-0.2, -0.15) is 5.10 Å². The summed E-state index contributed by atoms with van der Waals surface area (Å²) in [4.78, 5) is 10.7. The van der Waals surface area contributed by atoms with Crippen molar-refractivity contribution in [2.24, 2.45) is 5.73 Å². The maximum absolute atomic E-state index is 10.7. The highest BCUT2D eigenvalue weighted by molar-refractivity contribution is 5.73. The summed E-state index contributed by atoms with van der Waals surface area (Å²) >= 11 is 0. The molecule has 15 heavy (non-hydrogen) atoms. The van der Waals surface area contributed by atoms with Crippen LogP contribution in [0.4, 0.5) is 0 Å². The molecule has 76 valence electrons. The van der Waals surface area contributed by atoms with Crippen LogP contribution in [0.25, 0.3) is 11.1 Å². The van der Waals surface area contributed by atoms with Crippen molar-refractivity contribution >= 4 is 5.91 Å². The number of hydrogen-bond donors (Lipinski definition) is 1. The zero-order chi connectivity index (χ0) is 10.7. The van der Waals surface area contributed by atoms with Gasteiger partial charge in [-0.3, -0.25) is 9.48 Å². The van der Waals surface area contributed by atoms with Crippen LogP contribution in [0.3, 0.4) is 0 Å². The third-order valence-electron chi connectivity index (χ3n) is 2.06. The lowest BCUT2D eigenvalue weighted by atomic mass is 10.1. The fourth-order valence-corrected chi connectivity index (χ4v) is 1.39. The van der Waals surface area contributed by atoms with Gasteiger partial charge in [-0.15, -0.1) is 0 Å². The highest BCUT2D eigenvalue weighted by Crippen LogP contribution is 2.17.